The number of anilines is 1. The van der Waals surface area contributed by atoms with Gasteiger partial charge in [0.15, 0.2) is 23.9 Å². The number of fused-ring (bicyclic) bond motifs is 1. The minimum Gasteiger partial charge on any atom is -0.478 e. The number of hydrazone groups is 1. The average Bonchev–Trinajstić information content (AvgIpc) is 3.36. The summed E-state index contributed by atoms with van der Waals surface area (Å²) in [6.07, 6.45) is 1.44. The molecular formula is C20H16N8O3. The molecule has 2 heterocycles. The van der Waals surface area contributed by atoms with E-state index in [0.29, 0.717) is 28.2 Å². The van der Waals surface area contributed by atoms with Crippen molar-refractivity contribution in [2.24, 2.45) is 5.10 Å². The number of aromatic nitrogens is 4. The predicted molar refractivity (Wildman–Crippen MR) is 111 cm³/mol. The summed E-state index contributed by atoms with van der Waals surface area (Å²) < 4.78 is 11.7. The maximum absolute atomic E-state index is 12.6. The Labute approximate surface area is 175 Å². The molecule has 4 rings (SSSR count). The molecule has 4 aromatic rings. The first kappa shape index (κ1) is 19.6. The Hall–Kier alpha value is -4.72. The molecule has 2 aromatic heterocycles. The molecule has 0 aliphatic carbocycles. The van der Waals surface area contributed by atoms with Crippen molar-refractivity contribution >= 4 is 29.0 Å². The summed E-state index contributed by atoms with van der Waals surface area (Å²) >= 11 is 0. The van der Waals surface area contributed by atoms with Crippen LogP contribution in [0.2, 0.25) is 0 Å². The summed E-state index contributed by atoms with van der Waals surface area (Å²) in [7, 11) is 0. The third-order valence-corrected chi connectivity index (χ3v) is 4.29. The normalized spacial score (nSPS) is 10.9. The second-order valence-electron chi connectivity index (χ2n) is 6.29. The minimum atomic E-state index is -0.397. The van der Waals surface area contributed by atoms with Gasteiger partial charge in [-0.1, -0.05) is 24.3 Å². The summed E-state index contributed by atoms with van der Waals surface area (Å²) in [5.41, 5.74) is 10.5. The fourth-order valence-electron chi connectivity index (χ4n) is 2.95. The smallest absolute Gasteiger partial charge is 0.260 e. The number of nitrogens with zero attached hydrogens (tertiary/aromatic N) is 6. The number of benzene rings is 2. The number of para-hydroxylation sites is 3. The zero-order chi connectivity index (χ0) is 21.6. The van der Waals surface area contributed by atoms with Crippen molar-refractivity contribution in [3.63, 3.8) is 0 Å². The SMILES string of the molecule is N#CCOc1ccccc1/C=N/NC(=O)Cn1c(-c2nonc2N)nc2ccccc21. The lowest BCUT2D eigenvalue weighted by atomic mass is 10.2. The Morgan fingerprint density at radius 3 is 2.87 bits per heavy atom. The Bertz CT molecular complexity index is 1300. The molecule has 1 amide bonds. The van der Waals surface area contributed by atoms with E-state index >= 15 is 0 Å². The van der Waals surface area contributed by atoms with E-state index in [1.165, 1.54) is 6.21 Å². The largest absolute Gasteiger partial charge is 0.478 e. The molecule has 0 aliphatic rings. The van der Waals surface area contributed by atoms with Gasteiger partial charge in [0, 0.05) is 5.56 Å². The van der Waals surface area contributed by atoms with Gasteiger partial charge >= 0.3 is 0 Å². The van der Waals surface area contributed by atoms with Gasteiger partial charge in [-0.05, 0) is 34.6 Å². The summed E-state index contributed by atoms with van der Waals surface area (Å²) in [4.78, 5) is 17.1. The second kappa shape index (κ2) is 8.75. The molecule has 0 unspecified atom stereocenters. The summed E-state index contributed by atoms with van der Waals surface area (Å²) in [5.74, 6) is 0.517. The van der Waals surface area contributed by atoms with Gasteiger partial charge < -0.3 is 15.0 Å². The Morgan fingerprint density at radius 1 is 1.26 bits per heavy atom. The van der Waals surface area contributed by atoms with Crippen LogP contribution in [0.5, 0.6) is 5.75 Å². The van der Waals surface area contributed by atoms with E-state index in [1.54, 1.807) is 28.8 Å². The van der Waals surface area contributed by atoms with Gasteiger partial charge in [0.05, 0.1) is 17.2 Å². The quantitative estimate of drug-likeness (QED) is 0.340. The number of nitrogen functional groups attached to an aromatic ring is 1. The van der Waals surface area contributed by atoms with Gasteiger partial charge in [0.1, 0.15) is 18.4 Å². The van der Waals surface area contributed by atoms with Crippen molar-refractivity contribution in [2.75, 3.05) is 12.3 Å². The lowest BCUT2D eigenvalue weighted by molar-refractivity contribution is -0.121. The molecule has 3 N–H and O–H groups in total. The van der Waals surface area contributed by atoms with Gasteiger partial charge in [-0.25, -0.2) is 15.0 Å². The fraction of sp³-hybridized carbons (Fsp3) is 0.100. The van der Waals surface area contributed by atoms with Gasteiger partial charge in [-0.2, -0.15) is 10.4 Å². The molecule has 0 atom stereocenters. The van der Waals surface area contributed by atoms with E-state index in [-0.39, 0.29) is 24.7 Å². The van der Waals surface area contributed by atoms with E-state index in [1.807, 2.05) is 30.3 Å². The van der Waals surface area contributed by atoms with Crippen molar-refractivity contribution in [2.45, 2.75) is 6.54 Å². The monoisotopic (exact) mass is 416 g/mol. The lowest BCUT2D eigenvalue weighted by Crippen LogP contribution is -2.23. The predicted octanol–water partition coefficient (Wildman–Crippen LogP) is 1.72. The number of rotatable bonds is 7. The molecule has 154 valence electrons. The highest BCUT2D eigenvalue weighted by molar-refractivity contribution is 5.87. The van der Waals surface area contributed by atoms with Gasteiger partial charge in [0.2, 0.25) is 0 Å². The molecule has 11 heteroatoms. The highest BCUT2D eigenvalue weighted by Gasteiger charge is 2.20. The van der Waals surface area contributed by atoms with Gasteiger partial charge in [0.25, 0.3) is 5.91 Å². The number of nitrogens with two attached hydrogens (primary N) is 1. The van der Waals surface area contributed by atoms with E-state index < -0.39 is 5.91 Å². The molecule has 2 aromatic carbocycles. The molecule has 0 saturated heterocycles. The molecular weight excluding hydrogens is 400 g/mol. The number of ether oxygens (including phenoxy) is 1. The van der Waals surface area contributed by atoms with Crippen LogP contribution in [-0.2, 0) is 11.3 Å². The van der Waals surface area contributed by atoms with Crippen molar-refractivity contribution in [3.8, 4) is 23.3 Å². The van der Waals surface area contributed by atoms with E-state index in [4.69, 9.17) is 15.7 Å². The summed E-state index contributed by atoms with van der Waals surface area (Å²) in [5, 5.41) is 20.0. The Balaban J connectivity index is 1.54. The number of nitrogens with one attached hydrogen (secondary N) is 1. The first-order chi connectivity index (χ1) is 15.2. The number of imidazole rings is 1. The van der Waals surface area contributed by atoms with E-state index in [2.05, 4.69) is 30.5 Å². The lowest BCUT2D eigenvalue weighted by Gasteiger charge is -2.07. The Kier molecular flexibility index (Phi) is 5.53. The zero-order valence-electron chi connectivity index (χ0n) is 16.1. The maximum atomic E-state index is 12.6. The second-order valence-corrected chi connectivity index (χ2v) is 6.29. The van der Waals surface area contributed by atoms with Gasteiger partial charge in [-0.15, -0.1) is 0 Å². The van der Waals surface area contributed by atoms with Crippen molar-refractivity contribution in [3.05, 3.63) is 54.1 Å². The molecule has 11 nitrogen and oxygen atoms in total. The van der Waals surface area contributed by atoms with Crippen LogP contribution in [0.3, 0.4) is 0 Å². The number of hydrogen-bond donors (Lipinski definition) is 2. The molecule has 0 aliphatic heterocycles. The third kappa shape index (κ3) is 4.18. The van der Waals surface area contributed by atoms with Crippen LogP contribution < -0.4 is 15.9 Å². The zero-order valence-corrected chi connectivity index (χ0v) is 16.1. The van der Waals surface area contributed by atoms with Crippen molar-refractivity contribution in [1.82, 2.24) is 25.3 Å². The standard InChI is InChI=1S/C20H16N8O3/c21-9-10-30-16-8-4-1-5-13(16)11-23-25-17(29)12-28-15-7-3-2-6-14(15)24-20(28)18-19(22)27-31-26-18/h1-8,11H,10,12H2,(H2,22,27)(H,25,29)/b23-11+. The highest BCUT2D eigenvalue weighted by atomic mass is 16.6. The summed E-state index contributed by atoms with van der Waals surface area (Å²) in [6.45, 7) is -0.181. The molecule has 0 fully saturated rings. The van der Waals surface area contributed by atoms with Crippen molar-refractivity contribution < 1.29 is 14.2 Å². The third-order valence-electron chi connectivity index (χ3n) is 4.29. The molecule has 0 bridgehead atoms. The number of amides is 1. The van der Waals surface area contributed by atoms with E-state index in [0.717, 1.165) is 0 Å². The average molecular weight is 416 g/mol. The first-order valence-electron chi connectivity index (χ1n) is 9.11. The number of carbonyl (C=O) groups is 1. The van der Waals surface area contributed by atoms with Crippen LogP contribution in [0.15, 0.2) is 58.3 Å². The summed E-state index contributed by atoms with van der Waals surface area (Å²) in [6, 6.07) is 16.3. The highest BCUT2D eigenvalue weighted by Crippen LogP contribution is 2.26. The van der Waals surface area contributed by atoms with E-state index in [9.17, 15) is 4.79 Å². The first-order valence-corrected chi connectivity index (χ1v) is 9.11. The topological polar surface area (TPSA) is 157 Å². The van der Waals surface area contributed by atoms with Crippen LogP contribution in [0.25, 0.3) is 22.6 Å². The molecule has 0 radical (unpaired) electrons. The van der Waals surface area contributed by atoms with Crippen LogP contribution in [0, 0.1) is 11.3 Å². The molecule has 0 spiro atoms. The number of carbonyl (C=O) groups excluding carboxylic acids is 1. The van der Waals surface area contributed by atoms with Crippen LogP contribution >= 0.6 is 0 Å². The fourth-order valence-corrected chi connectivity index (χ4v) is 2.95. The Morgan fingerprint density at radius 2 is 2.06 bits per heavy atom. The van der Waals surface area contributed by atoms with Crippen LogP contribution in [0.4, 0.5) is 5.82 Å². The van der Waals surface area contributed by atoms with Gasteiger partial charge in [-0.3, -0.25) is 4.79 Å². The van der Waals surface area contributed by atoms with Crippen molar-refractivity contribution in [1.29, 1.82) is 5.26 Å². The number of nitriles is 1. The molecule has 31 heavy (non-hydrogen) atoms. The molecule has 0 saturated carbocycles. The minimum absolute atomic E-state index is 0.0731. The van der Waals surface area contributed by atoms with Crippen LogP contribution in [-0.4, -0.2) is 38.6 Å². The van der Waals surface area contributed by atoms with Crippen LogP contribution in [0.1, 0.15) is 5.56 Å². The number of hydrogen-bond acceptors (Lipinski definition) is 9. The maximum Gasteiger partial charge on any atom is 0.260 e.